The summed E-state index contributed by atoms with van der Waals surface area (Å²) in [6.45, 7) is 3.48. The molecule has 0 saturated carbocycles. The van der Waals surface area contributed by atoms with Gasteiger partial charge in [0.25, 0.3) is 0 Å². The Labute approximate surface area is 128 Å². The molecule has 0 spiro atoms. The average molecular weight is 302 g/mol. The van der Waals surface area contributed by atoms with Crippen LogP contribution in [-0.4, -0.2) is 23.5 Å². The Hall–Kier alpha value is -2.60. The number of carbonyl (C=O) groups is 2. The molecule has 0 aliphatic heterocycles. The highest BCUT2D eigenvalue weighted by Crippen LogP contribution is 2.15. The molecular formula is C16H18N2O4. The number of hydrogen-bond donors (Lipinski definition) is 3. The van der Waals surface area contributed by atoms with Gasteiger partial charge in [-0.2, -0.15) is 0 Å². The number of benzene rings is 1. The third-order valence-corrected chi connectivity index (χ3v) is 3.15. The van der Waals surface area contributed by atoms with Crippen molar-refractivity contribution < 1.29 is 19.1 Å². The normalized spacial score (nSPS) is 11.8. The molecule has 1 unspecified atom stereocenters. The molecule has 1 aromatic carbocycles. The van der Waals surface area contributed by atoms with Crippen LogP contribution in [0.1, 0.15) is 23.2 Å². The molecule has 0 bridgehead atoms. The number of amides is 2. The number of furan rings is 1. The summed E-state index contributed by atoms with van der Waals surface area (Å²) in [6, 6.07) is 10.5. The van der Waals surface area contributed by atoms with E-state index in [2.05, 4.69) is 10.6 Å². The fourth-order valence-electron chi connectivity index (χ4n) is 1.89. The van der Waals surface area contributed by atoms with Crippen molar-refractivity contribution in [3.05, 3.63) is 53.5 Å². The first-order chi connectivity index (χ1) is 10.5. The Morgan fingerprint density at radius 1 is 1.14 bits per heavy atom. The van der Waals surface area contributed by atoms with E-state index in [-0.39, 0.29) is 6.54 Å². The van der Waals surface area contributed by atoms with E-state index in [1.165, 1.54) is 0 Å². The van der Waals surface area contributed by atoms with Crippen molar-refractivity contribution in [2.24, 2.45) is 0 Å². The van der Waals surface area contributed by atoms with Gasteiger partial charge >= 0.3 is 11.8 Å². The minimum absolute atomic E-state index is 0.104. The maximum absolute atomic E-state index is 11.8. The van der Waals surface area contributed by atoms with E-state index < -0.39 is 17.9 Å². The zero-order chi connectivity index (χ0) is 16.1. The van der Waals surface area contributed by atoms with Crippen LogP contribution in [0.5, 0.6) is 0 Å². The average Bonchev–Trinajstić information content (AvgIpc) is 2.93. The van der Waals surface area contributed by atoms with E-state index in [9.17, 15) is 14.7 Å². The second-order valence-corrected chi connectivity index (χ2v) is 4.94. The van der Waals surface area contributed by atoms with E-state index in [1.54, 1.807) is 31.2 Å². The van der Waals surface area contributed by atoms with Gasteiger partial charge in [0.2, 0.25) is 0 Å². The van der Waals surface area contributed by atoms with Crippen molar-refractivity contribution in [3.8, 4) is 0 Å². The monoisotopic (exact) mass is 302 g/mol. The molecule has 2 amide bonds. The molecule has 0 radical (unpaired) electrons. The first-order valence-electron chi connectivity index (χ1n) is 6.86. The van der Waals surface area contributed by atoms with Crippen LogP contribution >= 0.6 is 0 Å². The standard InChI is InChI=1S/C16H18N2O4/c1-10-5-3-4-6-12(10)18-16(21)15(20)17-9-13(19)14-8-7-11(2)22-14/h3-8,13,19H,9H2,1-2H3,(H,17,20)(H,18,21). The lowest BCUT2D eigenvalue weighted by Gasteiger charge is -2.10. The van der Waals surface area contributed by atoms with Crippen LogP contribution in [0.3, 0.4) is 0 Å². The molecule has 0 aliphatic rings. The van der Waals surface area contributed by atoms with Crippen molar-refractivity contribution in [3.63, 3.8) is 0 Å². The van der Waals surface area contributed by atoms with Crippen molar-refractivity contribution >= 4 is 17.5 Å². The highest BCUT2D eigenvalue weighted by Gasteiger charge is 2.17. The largest absolute Gasteiger partial charge is 0.464 e. The number of para-hydroxylation sites is 1. The fraction of sp³-hybridized carbons (Fsp3) is 0.250. The second-order valence-electron chi connectivity index (χ2n) is 4.94. The summed E-state index contributed by atoms with van der Waals surface area (Å²) in [4.78, 5) is 23.5. The maximum Gasteiger partial charge on any atom is 0.313 e. The number of anilines is 1. The molecule has 116 valence electrons. The summed E-state index contributed by atoms with van der Waals surface area (Å²) in [5, 5.41) is 14.7. The van der Waals surface area contributed by atoms with Crippen molar-refractivity contribution in [1.82, 2.24) is 5.32 Å². The van der Waals surface area contributed by atoms with Crippen LogP contribution in [-0.2, 0) is 9.59 Å². The Morgan fingerprint density at radius 3 is 2.50 bits per heavy atom. The van der Waals surface area contributed by atoms with Gasteiger partial charge in [0.15, 0.2) is 0 Å². The van der Waals surface area contributed by atoms with Gasteiger partial charge < -0.3 is 20.2 Å². The third-order valence-electron chi connectivity index (χ3n) is 3.15. The zero-order valence-electron chi connectivity index (χ0n) is 12.4. The number of nitrogens with one attached hydrogen (secondary N) is 2. The molecule has 0 fully saturated rings. The van der Waals surface area contributed by atoms with Crippen molar-refractivity contribution in [1.29, 1.82) is 0 Å². The lowest BCUT2D eigenvalue weighted by molar-refractivity contribution is -0.136. The lowest BCUT2D eigenvalue weighted by atomic mass is 10.2. The van der Waals surface area contributed by atoms with Crippen LogP contribution in [0.2, 0.25) is 0 Å². The highest BCUT2D eigenvalue weighted by molar-refractivity contribution is 6.39. The Kier molecular flexibility index (Phi) is 4.95. The molecule has 3 N–H and O–H groups in total. The minimum Gasteiger partial charge on any atom is -0.464 e. The van der Waals surface area contributed by atoms with E-state index in [1.807, 2.05) is 19.1 Å². The first-order valence-corrected chi connectivity index (χ1v) is 6.86. The molecule has 6 nitrogen and oxygen atoms in total. The minimum atomic E-state index is -0.996. The molecular weight excluding hydrogens is 284 g/mol. The maximum atomic E-state index is 11.8. The Morgan fingerprint density at radius 2 is 1.86 bits per heavy atom. The second kappa shape index (κ2) is 6.91. The molecule has 1 heterocycles. The summed E-state index contributed by atoms with van der Waals surface area (Å²) in [6.07, 6.45) is -0.996. The van der Waals surface area contributed by atoms with Gasteiger partial charge in [0, 0.05) is 5.69 Å². The zero-order valence-corrected chi connectivity index (χ0v) is 12.4. The molecule has 2 rings (SSSR count). The van der Waals surface area contributed by atoms with E-state index in [4.69, 9.17) is 4.42 Å². The van der Waals surface area contributed by atoms with Crippen molar-refractivity contribution in [2.45, 2.75) is 20.0 Å². The number of hydrogen-bond acceptors (Lipinski definition) is 4. The number of aryl methyl sites for hydroxylation is 2. The molecule has 1 atom stereocenters. The summed E-state index contributed by atoms with van der Waals surface area (Å²) < 4.78 is 5.25. The van der Waals surface area contributed by atoms with Crippen LogP contribution in [0.4, 0.5) is 5.69 Å². The molecule has 0 saturated heterocycles. The summed E-state index contributed by atoms with van der Waals surface area (Å²) in [5.41, 5.74) is 1.43. The molecule has 2 aromatic rings. The van der Waals surface area contributed by atoms with E-state index in [0.29, 0.717) is 17.2 Å². The SMILES string of the molecule is Cc1ccc(C(O)CNC(=O)C(=O)Nc2ccccc2C)o1. The quantitative estimate of drug-likeness (QED) is 0.749. The molecule has 22 heavy (non-hydrogen) atoms. The summed E-state index contributed by atoms with van der Waals surface area (Å²) >= 11 is 0. The van der Waals surface area contributed by atoms with Crippen LogP contribution in [0.25, 0.3) is 0 Å². The fourth-order valence-corrected chi connectivity index (χ4v) is 1.89. The van der Waals surface area contributed by atoms with Crippen LogP contribution in [0, 0.1) is 13.8 Å². The van der Waals surface area contributed by atoms with Gasteiger partial charge in [-0.05, 0) is 37.6 Å². The smallest absolute Gasteiger partial charge is 0.313 e. The van der Waals surface area contributed by atoms with Gasteiger partial charge in [0.05, 0.1) is 6.54 Å². The topological polar surface area (TPSA) is 91.6 Å². The van der Waals surface area contributed by atoms with Gasteiger partial charge in [-0.1, -0.05) is 18.2 Å². The highest BCUT2D eigenvalue weighted by atomic mass is 16.4. The van der Waals surface area contributed by atoms with E-state index >= 15 is 0 Å². The lowest BCUT2D eigenvalue weighted by Crippen LogP contribution is -2.37. The van der Waals surface area contributed by atoms with Crippen LogP contribution < -0.4 is 10.6 Å². The predicted octanol–water partition coefficient (Wildman–Crippen LogP) is 1.68. The predicted molar refractivity (Wildman–Crippen MR) is 81.2 cm³/mol. The Bertz CT molecular complexity index is 678. The van der Waals surface area contributed by atoms with Gasteiger partial charge in [-0.15, -0.1) is 0 Å². The van der Waals surface area contributed by atoms with Gasteiger partial charge in [-0.25, -0.2) is 0 Å². The van der Waals surface area contributed by atoms with E-state index in [0.717, 1.165) is 5.56 Å². The third kappa shape index (κ3) is 3.95. The van der Waals surface area contributed by atoms with Crippen LogP contribution in [0.15, 0.2) is 40.8 Å². The Balaban J connectivity index is 1.87. The molecule has 0 aliphatic carbocycles. The van der Waals surface area contributed by atoms with Gasteiger partial charge in [0.1, 0.15) is 17.6 Å². The number of rotatable bonds is 4. The number of aliphatic hydroxyl groups excluding tert-OH is 1. The van der Waals surface area contributed by atoms with Gasteiger partial charge in [-0.3, -0.25) is 9.59 Å². The summed E-state index contributed by atoms with van der Waals surface area (Å²) in [7, 11) is 0. The number of aliphatic hydroxyl groups is 1. The summed E-state index contributed by atoms with van der Waals surface area (Å²) in [5.74, 6) is -0.586. The molecule has 6 heteroatoms. The van der Waals surface area contributed by atoms with Crippen molar-refractivity contribution in [2.75, 3.05) is 11.9 Å². The number of carbonyl (C=O) groups excluding carboxylic acids is 2. The molecule has 1 aromatic heterocycles. The first kappa shape index (κ1) is 15.8.